The van der Waals surface area contributed by atoms with E-state index in [-0.39, 0.29) is 17.4 Å². The average molecular weight is 293 g/mol. The zero-order valence-electron chi connectivity index (χ0n) is 12.4. The van der Waals surface area contributed by atoms with Crippen LogP contribution in [0.4, 0.5) is 4.39 Å². The number of piperazine rings is 1. The van der Waals surface area contributed by atoms with E-state index >= 15 is 0 Å². The molecule has 2 rings (SSSR count). The van der Waals surface area contributed by atoms with Gasteiger partial charge in [0, 0.05) is 38.8 Å². The molecule has 0 spiro atoms. The molecule has 0 N–H and O–H groups in total. The van der Waals surface area contributed by atoms with Crippen molar-refractivity contribution in [1.29, 1.82) is 0 Å². The lowest BCUT2D eigenvalue weighted by Gasteiger charge is -2.35. The smallest absolute Gasteiger partial charge is 0.257 e. The van der Waals surface area contributed by atoms with Crippen molar-refractivity contribution >= 4 is 11.8 Å². The third-order valence-corrected chi connectivity index (χ3v) is 3.51. The molecule has 1 fully saturated rings. The summed E-state index contributed by atoms with van der Waals surface area (Å²) in [5.41, 5.74) is 0.0342. The quantitative estimate of drug-likeness (QED) is 0.849. The number of nitrogens with zero attached hydrogens (tertiary/aromatic N) is 3. The van der Waals surface area contributed by atoms with E-state index in [2.05, 4.69) is 4.98 Å². The maximum Gasteiger partial charge on any atom is 0.257 e. The molecule has 0 aliphatic carbocycles. The molecule has 2 heterocycles. The SMILES string of the molecule is CC(C)CC(=O)N1CCN(C(=O)c2ccncc2F)CC1. The number of hydrogen-bond acceptors (Lipinski definition) is 3. The summed E-state index contributed by atoms with van der Waals surface area (Å²) in [4.78, 5) is 31.2. The van der Waals surface area contributed by atoms with E-state index in [0.29, 0.717) is 38.5 Å². The van der Waals surface area contributed by atoms with Gasteiger partial charge in [-0.3, -0.25) is 14.6 Å². The van der Waals surface area contributed by atoms with Crippen LogP contribution in [0, 0.1) is 11.7 Å². The second-order valence-corrected chi connectivity index (χ2v) is 5.63. The van der Waals surface area contributed by atoms with Crippen molar-refractivity contribution in [1.82, 2.24) is 14.8 Å². The van der Waals surface area contributed by atoms with Gasteiger partial charge in [0.2, 0.25) is 5.91 Å². The molecule has 0 bridgehead atoms. The molecule has 6 heteroatoms. The van der Waals surface area contributed by atoms with E-state index in [0.717, 1.165) is 6.20 Å². The third kappa shape index (κ3) is 3.77. The fourth-order valence-corrected chi connectivity index (χ4v) is 2.36. The van der Waals surface area contributed by atoms with E-state index in [1.807, 2.05) is 13.8 Å². The lowest BCUT2D eigenvalue weighted by atomic mass is 10.1. The van der Waals surface area contributed by atoms with Gasteiger partial charge in [-0.2, -0.15) is 0 Å². The van der Waals surface area contributed by atoms with Crippen LogP contribution in [0.25, 0.3) is 0 Å². The van der Waals surface area contributed by atoms with Crippen LogP contribution < -0.4 is 0 Å². The highest BCUT2D eigenvalue weighted by Crippen LogP contribution is 2.13. The molecule has 0 unspecified atom stereocenters. The van der Waals surface area contributed by atoms with Crippen LogP contribution >= 0.6 is 0 Å². The summed E-state index contributed by atoms with van der Waals surface area (Å²) < 4.78 is 13.6. The van der Waals surface area contributed by atoms with E-state index in [9.17, 15) is 14.0 Å². The zero-order chi connectivity index (χ0) is 15.4. The molecule has 0 radical (unpaired) electrons. The number of rotatable bonds is 3. The molecule has 1 saturated heterocycles. The molecule has 1 aromatic rings. The summed E-state index contributed by atoms with van der Waals surface area (Å²) in [7, 11) is 0. The van der Waals surface area contributed by atoms with Crippen LogP contribution in [-0.4, -0.2) is 52.8 Å². The Morgan fingerprint density at radius 2 is 1.86 bits per heavy atom. The van der Waals surface area contributed by atoms with Crippen LogP contribution in [-0.2, 0) is 4.79 Å². The van der Waals surface area contributed by atoms with Gasteiger partial charge < -0.3 is 9.80 Å². The van der Waals surface area contributed by atoms with Gasteiger partial charge in [-0.25, -0.2) is 4.39 Å². The molecular formula is C15H20FN3O2. The van der Waals surface area contributed by atoms with Gasteiger partial charge in [0.15, 0.2) is 5.82 Å². The standard InChI is InChI=1S/C15H20FN3O2/c1-11(2)9-14(20)18-5-7-19(8-6-18)15(21)12-3-4-17-10-13(12)16/h3-4,10-11H,5-9H2,1-2H3. The van der Waals surface area contributed by atoms with Crippen molar-refractivity contribution in [2.75, 3.05) is 26.2 Å². The van der Waals surface area contributed by atoms with E-state index < -0.39 is 5.82 Å². The Balaban J connectivity index is 1.94. The second-order valence-electron chi connectivity index (χ2n) is 5.63. The van der Waals surface area contributed by atoms with Crippen LogP contribution in [0.3, 0.4) is 0 Å². The van der Waals surface area contributed by atoms with Crippen molar-refractivity contribution in [3.8, 4) is 0 Å². The summed E-state index contributed by atoms with van der Waals surface area (Å²) in [5.74, 6) is -0.512. The summed E-state index contributed by atoms with van der Waals surface area (Å²) in [5, 5.41) is 0. The van der Waals surface area contributed by atoms with Crippen LogP contribution in [0.1, 0.15) is 30.6 Å². The number of hydrogen-bond donors (Lipinski definition) is 0. The Hall–Kier alpha value is -1.98. The first-order valence-corrected chi connectivity index (χ1v) is 7.15. The monoisotopic (exact) mass is 293 g/mol. The molecule has 0 saturated carbocycles. The van der Waals surface area contributed by atoms with Crippen LogP contribution in [0.5, 0.6) is 0 Å². The van der Waals surface area contributed by atoms with Crippen molar-refractivity contribution in [3.05, 3.63) is 29.8 Å². The van der Waals surface area contributed by atoms with Gasteiger partial charge in [0.25, 0.3) is 5.91 Å². The predicted molar refractivity (Wildman–Crippen MR) is 76.1 cm³/mol. The number of aromatic nitrogens is 1. The first kappa shape index (κ1) is 15.4. The normalized spacial score (nSPS) is 15.4. The van der Waals surface area contributed by atoms with Gasteiger partial charge in [-0.1, -0.05) is 13.8 Å². The van der Waals surface area contributed by atoms with Gasteiger partial charge in [-0.05, 0) is 12.0 Å². The maximum atomic E-state index is 13.6. The lowest BCUT2D eigenvalue weighted by molar-refractivity contribution is -0.133. The molecule has 0 aromatic carbocycles. The maximum absolute atomic E-state index is 13.6. The first-order valence-electron chi connectivity index (χ1n) is 7.15. The number of halogens is 1. The van der Waals surface area contributed by atoms with E-state index in [1.165, 1.54) is 12.3 Å². The summed E-state index contributed by atoms with van der Waals surface area (Å²) >= 11 is 0. The lowest BCUT2D eigenvalue weighted by Crippen LogP contribution is -2.50. The van der Waals surface area contributed by atoms with Gasteiger partial charge >= 0.3 is 0 Å². The molecule has 1 aliphatic rings. The van der Waals surface area contributed by atoms with Gasteiger partial charge in [0.1, 0.15) is 0 Å². The number of carbonyl (C=O) groups is 2. The predicted octanol–water partition coefficient (Wildman–Crippen LogP) is 1.55. The fraction of sp³-hybridized carbons (Fsp3) is 0.533. The summed E-state index contributed by atoms with van der Waals surface area (Å²) in [6.45, 7) is 5.89. The van der Waals surface area contributed by atoms with Crippen molar-refractivity contribution in [2.45, 2.75) is 20.3 Å². The molecule has 0 atom stereocenters. The van der Waals surface area contributed by atoms with Crippen molar-refractivity contribution in [3.63, 3.8) is 0 Å². The highest BCUT2D eigenvalue weighted by Gasteiger charge is 2.26. The minimum atomic E-state index is -0.610. The van der Waals surface area contributed by atoms with Crippen LogP contribution in [0.15, 0.2) is 18.5 Å². The molecule has 1 aromatic heterocycles. The molecular weight excluding hydrogens is 273 g/mol. The molecule has 114 valence electrons. The summed E-state index contributed by atoms with van der Waals surface area (Å²) in [6.07, 6.45) is 2.96. The number of amides is 2. The van der Waals surface area contributed by atoms with Crippen LogP contribution in [0.2, 0.25) is 0 Å². The topological polar surface area (TPSA) is 53.5 Å². The Labute approximate surface area is 123 Å². The Morgan fingerprint density at radius 3 is 2.43 bits per heavy atom. The van der Waals surface area contributed by atoms with Gasteiger partial charge in [-0.15, -0.1) is 0 Å². The summed E-state index contributed by atoms with van der Waals surface area (Å²) in [6, 6.07) is 1.38. The van der Waals surface area contributed by atoms with Crippen molar-refractivity contribution < 1.29 is 14.0 Å². The second kappa shape index (κ2) is 6.65. The van der Waals surface area contributed by atoms with Gasteiger partial charge in [0.05, 0.1) is 11.8 Å². The molecule has 5 nitrogen and oxygen atoms in total. The molecule has 1 aliphatic heterocycles. The largest absolute Gasteiger partial charge is 0.339 e. The van der Waals surface area contributed by atoms with Crippen molar-refractivity contribution in [2.24, 2.45) is 5.92 Å². The minimum Gasteiger partial charge on any atom is -0.339 e. The number of pyridine rings is 1. The average Bonchev–Trinajstić information content (AvgIpc) is 2.46. The first-order chi connectivity index (χ1) is 9.99. The fourth-order valence-electron chi connectivity index (χ4n) is 2.36. The Kier molecular flexibility index (Phi) is 4.88. The number of carbonyl (C=O) groups excluding carboxylic acids is 2. The zero-order valence-corrected chi connectivity index (χ0v) is 12.4. The highest BCUT2D eigenvalue weighted by molar-refractivity contribution is 5.94. The van der Waals surface area contributed by atoms with E-state index in [4.69, 9.17) is 0 Å². The Bertz CT molecular complexity index is 525. The highest BCUT2D eigenvalue weighted by atomic mass is 19.1. The third-order valence-electron chi connectivity index (χ3n) is 3.51. The molecule has 21 heavy (non-hydrogen) atoms. The molecule has 2 amide bonds. The Morgan fingerprint density at radius 1 is 1.24 bits per heavy atom. The minimum absolute atomic E-state index is 0.0342. The van der Waals surface area contributed by atoms with E-state index in [1.54, 1.807) is 9.80 Å².